The third-order valence-electron chi connectivity index (χ3n) is 4.80. The van der Waals surface area contributed by atoms with E-state index in [0.717, 1.165) is 0 Å². The summed E-state index contributed by atoms with van der Waals surface area (Å²) >= 11 is 0. The van der Waals surface area contributed by atoms with E-state index in [0.29, 0.717) is 22.7 Å². The fourth-order valence-corrected chi connectivity index (χ4v) is 3.20. The number of rotatable bonds is 6. The molecule has 1 saturated heterocycles. The van der Waals surface area contributed by atoms with Crippen LogP contribution < -0.4 is 15.0 Å². The van der Waals surface area contributed by atoms with Gasteiger partial charge >= 0.3 is 5.97 Å². The second-order valence-corrected chi connectivity index (χ2v) is 6.80. The Hall–Kier alpha value is -3.86. The molecule has 1 fully saturated rings. The zero-order valence-corrected chi connectivity index (χ0v) is 16.6. The summed E-state index contributed by atoms with van der Waals surface area (Å²) in [4.78, 5) is 38.8. The van der Waals surface area contributed by atoms with Crippen LogP contribution in [-0.4, -0.2) is 37.5 Å². The molecule has 1 N–H and O–H groups in total. The van der Waals surface area contributed by atoms with Crippen molar-refractivity contribution in [2.75, 3.05) is 23.9 Å². The summed E-state index contributed by atoms with van der Waals surface area (Å²) in [5.74, 6) is -1.57. The standard InChI is InChI=1S/C22H21N3O5/c1-14(21(27)24-17-8-4-3-7-15(17)12-23)30-22(28)16-11-20(26)25(13-16)18-9-5-6-10-19(18)29-2/h3-10,14,16H,11,13H2,1-2H3,(H,24,27)/t14-,16-/m0/s1. The first-order valence-corrected chi connectivity index (χ1v) is 9.38. The SMILES string of the molecule is COc1ccccc1N1C[C@@H](C(=O)O[C@@H](C)C(=O)Nc2ccccc2C#N)CC1=O. The summed E-state index contributed by atoms with van der Waals surface area (Å²) < 4.78 is 10.6. The van der Waals surface area contributed by atoms with E-state index >= 15 is 0 Å². The predicted molar refractivity (Wildman–Crippen MR) is 109 cm³/mol. The van der Waals surface area contributed by atoms with Gasteiger partial charge in [0.2, 0.25) is 5.91 Å². The predicted octanol–water partition coefficient (Wildman–Crippen LogP) is 2.49. The van der Waals surface area contributed by atoms with Crippen LogP contribution in [0.3, 0.4) is 0 Å². The molecule has 2 aromatic carbocycles. The topological polar surface area (TPSA) is 109 Å². The van der Waals surface area contributed by atoms with Crippen LogP contribution in [0.1, 0.15) is 18.9 Å². The number of carbonyl (C=O) groups excluding carboxylic acids is 3. The molecule has 0 saturated carbocycles. The molecule has 3 rings (SSSR count). The van der Waals surface area contributed by atoms with E-state index in [9.17, 15) is 14.4 Å². The van der Waals surface area contributed by atoms with Gasteiger partial charge in [-0.25, -0.2) is 0 Å². The van der Waals surface area contributed by atoms with Gasteiger partial charge in [0.25, 0.3) is 5.91 Å². The molecule has 0 aliphatic carbocycles. The van der Waals surface area contributed by atoms with Crippen molar-refractivity contribution in [1.82, 2.24) is 0 Å². The average Bonchev–Trinajstić information content (AvgIpc) is 3.15. The third kappa shape index (κ3) is 4.41. The van der Waals surface area contributed by atoms with Crippen LogP contribution in [0.4, 0.5) is 11.4 Å². The van der Waals surface area contributed by atoms with Gasteiger partial charge in [-0.05, 0) is 31.2 Å². The van der Waals surface area contributed by atoms with Gasteiger partial charge < -0.3 is 19.7 Å². The maximum absolute atomic E-state index is 12.5. The van der Waals surface area contributed by atoms with E-state index in [1.54, 1.807) is 48.5 Å². The van der Waals surface area contributed by atoms with Crippen molar-refractivity contribution in [3.63, 3.8) is 0 Å². The highest BCUT2D eigenvalue weighted by molar-refractivity contribution is 6.01. The molecule has 1 aliphatic rings. The third-order valence-corrected chi connectivity index (χ3v) is 4.80. The maximum atomic E-state index is 12.5. The van der Waals surface area contributed by atoms with E-state index in [4.69, 9.17) is 14.7 Å². The monoisotopic (exact) mass is 407 g/mol. The van der Waals surface area contributed by atoms with Gasteiger partial charge in [0.15, 0.2) is 6.10 Å². The molecule has 1 heterocycles. The molecule has 2 atom stereocenters. The number of esters is 1. The number of anilines is 2. The lowest BCUT2D eigenvalue weighted by Gasteiger charge is -2.20. The normalized spacial score (nSPS) is 16.5. The lowest BCUT2D eigenvalue weighted by molar-refractivity contribution is -0.157. The number of carbonyl (C=O) groups is 3. The average molecular weight is 407 g/mol. The van der Waals surface area contributed by atoms with Crippen LogP contribution in [0, 0.1) is 17.2 Å². The zero-order chi connectivity index (χ0) is 21.7. The molecule has 2 aromatic rings. The number of benzene rings is 2. The van der Waals surface area contributed by atoms with Crippen LogP contribution in [0.15, 0.2) is 48.5 Å². The summed E-state index contributed by atoms with van der Waals surface area (Å²) in [5, 5.41) is 11.7. The summed E-state index contributed by atoms with van der Waals surface area (Å²) in [5.41, 5.74) is 1.23. The lowest BCUT2D eigenvalue weighted by Crippen LogP contribution is -2.33. The molecule has 0 spiro atoms. The summed E-state index contributed by atoms with van der Waals surface area (Å²) in [6.07, 6.45) is -1.10. The van der Waals surface area contributed by atoms with Gasteiger partial charge in [-0.2, -0.15) is 5.26 Å². The first-order valence-electron chi connectivity index (χ1n) is 9.38. The van der Waals surface area contributed by atoms with Crippen LogP contribution >= 0.6 is 0 Å². The fourth-order valence-electron chi connectivity index (χ4n) is 3.20. The van der Waals surface area contributed by atoms with Gasteiger partial charge in [-0.3, -0.25) is 14.4 Å². The molecular weight excluding hydrogens is 386 g/mol. The molecular formula is C22H21N3O5. The Kier molecular flexibility index (Phi) is 6.32. The molecule has 1 aliphatic heterocycles. The lowest BCUT2D eigenvalue weighted by atomic mass is 10.1. The molecule has 30 heavy (non-hydrogen) atoms. The number of methoxy groups -OCH3 is 1. The van der Waals surface area contributed by atoms with Gasteiger partial charge in [0.05, 0.1) is 30.0 Å². The number of nitriles is 1. The molecule has 8 nitrogen and oxygen atoms in total. The van der Waals surface area contributed by atoms with Crippen molar-refractivity contribution in [3.05, 3.63) is 54.1 Å². The minimum atomic E-state index is -1.08. The number of amides is 2. The highest BCUT2D eigenvalue weighted by Gasteiger charge is 2.38. The first kappa shape index (κ1) is 20.9. The van der Waals surface area contributed by atoms with Gasteiger partial charge in [0, 0.05) is 13.0 Å². The van der Waals surface area contributed by atoms with Crippen molar-refractivity contribution in [1.29, 1.82) is 5.26 Å². The minimum absolute atomic E-state index is 0.0114. The maximum Gasteiger partial charge on any atom is 0.312 e. The smallest absolute Gasteiger partial charge is 0.312 e. The number of hydrogen-bond donors (Lipinski definition) is 1. The van der Waals surface area contributed by atoms with Crippen LogP contribution in [-0.2, 0) is 19.1 Å². The highest BCUT2D eigenvalue weighted by atomic mass is 16.5. The van der Waals surface area contributed by atoms with Gasteiger partial charge in [0.1, 0.15) is 11.8 Å². The number of hydrogen-bond acceptors (Lipinski definition) is 6. The number of nitrogens with one attached hydrogen (secondary N) is 1. The number of ether oxygens (including phenoxy) is 2. The zero-order valence-electron chi connectivity index (χ0n) is 16.6. The number of nitrogens with zero attached hydrogens (tertiary/aromatic N) is 2. The van der Waals surface area contributed by atoms with Crippen LogP contribution in [0.5, 0.6) is 5.75 Å². The molecule has 154 valence electrons. The van der Waals surface area contributed by atoms with Crippen molar-refractivity contribution in [3.8, 4) is 11.8 Å². The Labute approximate surface area is 174 Å². The molecule has 8 heteroatoms. The van der Waals surface area contributed by atoms with Crippen molar-refractivity contribution < 1.29 is 23.9 Å². The van der Waals surface area contributed by atoms with Crippen molar-refractivity contribution in [2.24, 2.45) is 5.92 Å². The van der Waals surface area contributed by atoms with E-state index in [-0.39, 0.29) is 18.9 Å². The Balaban J connectivity index is 1.62. The largest absolute Gasteiger partial charge is 0.495 e. The Morgan fingerprint density at radius 3 is 2.63 bits per heavy atom. The molecule has 0 bridgehead atoms. The highest BCUT2D eigenvalue weighted by Crippen LogP contribution is 2.33. The molecule has 0 unspecified atom stereocenters. The first-order chi connectivity index (χ1) is 14.4. The summed E-state index contributed by atoms with van der Waals surface area (Å²) in [6.45, 7) is 1.58. The summed E-state index contributed by atoms with van der Waals surface area (Å²) in [6, 6.07) is 15.6. The quantitative estimate of drug-likeness (QED) is 0.737. The fraction of sp³-hybridized carbons (Fsp3) is 0.273. The van der Waals surface area contributed by atoms with E-state index in [1.807, 2.05) is 6.07 Å². The van der Waals surface area contributed by atoms with E-state index in [2.05, 4.69) is 5.32 Å². The van der Waals surface area contributed by atoms with Crippen LogP contribution in [0.2, 0.25) is 0 Å². The minimum Gasteiger partial charge on any atom is -0.495 e. The van der Waals surface area contributed by atoms with E-state index < -0.39 is 23.9 Å². The summed E-state index contributed by atoms with van der Waals surface area (Å²) in [7, 11) is 1.51. The van der Waals surface area contributed by atoms with Gasteiger partial charge in [-0.1, -0.05) is 24.3 Å². The van der Waals surface area contributed by atoms with E-state index in [1.165, 1.54) is 18.9 Å². The Bertz CT molecular complexity index is 1010. The van der Waals surface area contributed by atoms with Crippen molar-refractivity contribution >= 4 is 29.2 Å². The second-order valence-electron chi connectivity index (χ2n) is 6.80. The molecule has 2 amide bonds. The molecule has 0 aromatic heterocycles. The molecule has 0 radical (unpaired) electrons. The van der Waals surface area contributed by atoms with Crippen molar-refractivity contribution in [2.45, 2.75) is 19.4 Å². The number of para-hydroxylation sites is 3. The van der Waals surface area contributed by atoms with Crippen LogP contribution in [0.25, 0.3) is 0 Å². The second kappa shape index (κ2) is 9.09. The Morgan fingerprint density at radius 2 is 1.90 bits per heavy atom. The van der Waals surface area contributed by atoms with Gasteiger partial charge in [-0.15, -0.1) is 0 Å². The Morgan fingerprint density at radius 1 is 1.20 bits per heavy atom.